The van der Waals surface area contributed by atoms with Crippen molar-refractivity contribution in [3.8, 4) is 0 Å². The summed E-state index contributed by atoms with van der Waals surface area (Å²) in [6.45, 7) is 2.97. The normalized spacial score (nSPS) is 19.0. The zero-order valence-corrected chi connectivity index (χ0v) is 13.7. The molecule has 0 saturated heterocycles. The van der Waals surface area contributed by atoms with Crippen molar-refractivity contribution in [2.24, 2.45) is 11.7 Å². The van der Waals surface area contributed by atoms with Crippen molar-refractivity contribution in [2.45, 2.75) is 57.8 Å². The van der Waals surface area contributed by atoms with Crippen molar-refractivity contribution in [1.82, 2.24) is 0 Å². The van der Waals surface area contributed by atoms with Crippen LogP contribution in [0.3, 0.4) is 0 Å². The Labute approximate surface area is 133 Å². The summed E-state index contributed by atoms with van der Waals surface area (Å²) in [5, 5.41) is 9.00. The maximum atomic E-state index is 12.6. The molecule has 1 aromatic carbocycles. The summed E-state index contributed by atoms with van der Waals surface area (Å²) in [7, 11) is 0. The lowest BCUT2D eigenvalue weighted by Gasteiger charge is -2.25. The van der Waals surface area contributed by atoms with E-state index < -0.39 is 0 Å². The summed E-state index contributed by atoms with van der Waals surface area (Å²) in [5.41, 5.74) is 9.21. The molecule has 1 aromatic rings. The minimum absolute atomic E-state index is 0.207. The highest BCUT2D eigenvalue weighted by Crippen LogP contribution is 2.31. The molecule has 122 valence electrons. The van der Waals surface area contributed by atoms with Crippen molar-refractivity contribution in [3.63, 3.8) is 0 Å². The highest BCUT2D eigenvalue weighted by molar-refractivity contribution is 6.00. The molecule has 2 rings (SSSR count). The standard InChI is InChI=1S/C19H29NO2/c1-2-3-5-14-7-8-16-12-15(9-10-18(16)19(14)22)17(13-20)6-4-11-21/h9-10,12,14,17,21H,2-8,11,13,20H2,1H3/t14?,17-/m0/s1. The van der Waals surface area contributed by atoms with E-state index in [4.69, 9.17) is 10.8 Å². The highest BCUT2D eigenvalue weighted by Gasteiger charge is 2.27. The average Bonchev–Trinajstić information content (AvgIpc) is 2.55. The lowest BCUT2D eigenvalue weighted by Crippen LogP contribution is -2.23. The zero-order valence-electron chi connectivity index (χ0n) is 13.7. The molecule has 3 nitrogen and oxygen atoms in total. The summed E-state index contributed by atoms with van der Waals surface area (Å²) < 4.78 is 0. The number of ketones is 1. The molecule has 1 aliphatic carbocycles. The minimum atomic E-state index is 0.207. The predicted octanol–water partition coefficient (Wildman–Crippen LogP) is 3.44. The van der Waals surface area contributed by atoms with Gasteiger partial charge in [-0.05, 0) is 55.7 Å². The van der Waals surface area contributed by atoms with Gasteiger partial charge in [0, 0.05) is 18.1 Å². The van der Waals surface area contributed by atoms with Crippen molar-refractivity contribution >= 4 is 5.78 Å². The maximum Gasteiger partial charge on any atom is 0.166 e. The number of aliphatic hydroxyl groups is 1. The van der Waals surface area contributed by atoms with E-state index >= 15 is 0 Å². The second-order valence-corrected chi connectivity index (χ2v) is 6.46. The van der Waals surface area contributed by atoms with Crippen LogP contribution in [0.5, 0.6) is 0 Å². The third-order valence-electron chi connectivity index (χ3n) is 4.90. The van der Waals surface area contributed by atoms with E-state index in [1.54, 1.807) is 0 Å². The van der Waals surface area contributed by atoms with Crippen LogP contribution in [0.25, 0.3) is 0 Å². The van der Waals surface area contributed by atoms with Crippen LogP contribution in [-0.2, 0) is 6.42 Å². The van der Waals surface area contributed by atoms with E-state index in [1.807, 2.05) is 6.07 Å². The van der Waals surface area contributed by atoms with E-state index in [2.05, 4.69) is 19.1 Å². The molecule has 1 aliphatic rings. The first-order valence-corrected chi connectivity index (χ1v) is 8.69. The van der Waals surface area contributed by atoms with Crippen molar-refractivity contribution in [3.05, 3.63) is 34.9 Å². The van der Waals surface area contributed by atoms with Gasteiger partial charge in [-0.2, -0.15) is 0 Å². The smallest absolute Gasteiger partial charge is 0.166 e. The first-order valence-electron chi connectivity index (χ1n) is 8.69. The summed E-state index contributed by atoms with van der Waals surface area (Å²) in [5.74, 6) is 0.837. The van der Waals surface area contributed by atoms with Gasteiger partial charge in [0.2, 0.25) is 0 Å². The number of rotatable bonds is 8. The Morgan fingerprint density at radius 3 is 2.86 bits per heavy atom. The largest absolute Gasteiger partial charge is 0.396 e. The number of carbonyl (C=O) groups is 1. The fourth-order valence-corrected chi connectivity index (χ4v) is 3.48. The number of hydrogen-bond acceptors (Lipinski definition) is 3. The number of Topliss-reactive ketones (excluding diaryl/α,β-unsaturated/α-hetero) is 1. The van der Waals surface area contributed by atoms with Gasteiger partial charge < -0.3 is 10.8 Å². The maximum absolute atomic E-state index is 12.6. The Bertz CT molecular complexity index is 498. The quantitative estimate of drug-likeness (QED) is 0.773. The van der Waals surface area contributed by atoms with Crippen LogP contribution in [0.2, 0.25) is 0 Å². The summed E-state index contributed by atoms with van der Waals surface area (Å²) in [6, 6.07) is 6.25. The third kappa shape index (κ3) is 3.96. The summed E-state index contributed by atoms with van der Waals surface area (Å²) in [4.78, 5) is 12.6. The van der Waals surface area contributed by atoms with E-state index in [1.165, 1.54) is 11.1 Å². The number of benzene rings is 1. The molecule has 0 amide bonds. The van der Waals surface area contributed by atoms with Crippen LogP contribution in [0.15, 0.2) is 18.2 Å². The Morgan fingerprint density at radius 2 is 2.18 bits per heavy atom. The Morgan fingerprint density at radius 1 is 1.36 bits per heavy atom. The number of aryl methyl sites for hydroxylation is 1. The number of nitrogens with two attached hydrogens (primary N) is 1. The molecule has 2 atom stereocenters. The Kier molecular flexibility index (Phi) is 6.59. The molecule has 0 saturated carbocycles. The molecule has 1 unspecified atom stereocenters. The SMILES string of the molecule is CCCCC1CCc2cc([C@H](CN)CCCO)ccc2C1=O. The fraction of sp³-hybridized carbons (Fsp3) is 0.632. The topological polar surface area (TPSA) is 63.3 Å². The number of fused-ring (bicyclic) bond motifs is 1. The molecule has 3 heteroatoms. The van der Waals surface area contributed by atoms with E-state index in [9.17, 15) is 4.79 Å². The lowest BCUT2D eigenvalue weighted by atomic mass is 9.79. The van der Waals surface area contributed by atoms with Gasteiger partial charge >= 0.3 is 0 Å². The fourth-order valence-electron chi connectivity index (χ4n) is 3.48. The second kappa shape index (κ2) is 8.44. The molecule has 3 N–H and O–H groups in total. The van der Waals surface area contributed by atoms with Gasteiger partial charge in [-0.15, -0.1) is 0 Å². The van der Waals surface area contributed by atoms with Gasteiger partial charge in [-0.1, -0.05) is 38.0 Å². The van der Waals surface area contributed by atoms with Gasteiger partial charge in [0.05, 0.1) is 0 Å². The van der Waals surface area contributed by atoms with Crippen molar-refractivity contribution in [2.75, 3.05) is 13.2 Å². The van der Waals surface area contributed by atoms with Gasteiger partial charge in [-0.25, -0.2) is 0 Å². The molecule has 0 bridgehead atoms. The van der Waals surface area contributed by atoms with Crippen LogP contribution >= 0.6 is 0 Å². The first kappa shape index (κ1) is 17.2. The first-order chi connectivity index (χ1) is 10.7. The van der Waals surface area contributed by atoms with Gasteiger partial charge in [-0.3, -0.25) is 4.79 Å². The van der Waals surface area contributed by atoms with Gasteiger partial charge in [0.25, 0.3) is 0 Å². The lowest BCUT2D eigenvalue weighted by molar-refractivity contribution is 0.0893. The minimum Gasteiger partial charge on any atom is -0.396 e. The highest BCUT2D eigenvalue weighted by atomic mass is 16.2. The summed E-state index contributed by atoms with van der Waals surface area (Å²) in [6.07, 6.45) is 6.98. The second-order valence-electron chi connectivity index (χ2n) is 6.46. The van der Waals surface area contributed by atoms with E-state index in [0.717, 1.165) is 50.5 Å². The van der Waals surface area contributed by atoms with Crippen LogP contribution in [-0.4, -0.2) is 24.0 Å². The molecule has 0 aliphatic heterocycles. The average molecular weight is 303 g/mol. The molecular weight excluding hydrogens is 274 g/mol. The van der Waals surface area contributed by atoms with Crippen LogP contribution in [0.1, 0.15) is 72.9 Å². The molecule has 0 spiro atoms. The molecule has 0 heterocycles. The summed E-state index contributed by atoms with van der Waals surface area (Å²) >= 11 is 0. The third-order valence-corrected chi connectivity index (χ3v) is 4.90. The molecule has 0 aromatic heterocycles. The number of unbranched alkanes of at least 4 members (excludes halogenated alkanes) is 1. The van der Waals surface area contributed by atoms with Gasteiger partial charge in [0.1, 0.15) is 0 Å². The van der Waals surface area contributed by atoms with Crippen LogP contribution < -0.4 is 5.73 Å². The molecular formula is C19H29NO2. The molecule has 0 radical (unpaired) electrons. The number of carbonyl (C=O) groups excluding carboxylic acids is 1. The molecule has 22 heavy (non-hydrogen) atoms. The molecule has 0 fully saturated rings. The Hall–Kier alpha value is -1.19. The van der Waals surface area contributed by atoms with Crippen LogP contribution in [0.4, 0.5) is 0 Å². The monoisotopic (exact) mass is 303 g/mol. The van der Waals surface area contributed by atoms with Gasteiger partial charge in [0.15, 0.2) is 5.78 Å². The van der Waals surface area contributed by atoms with E-state index in [0.29, 0.717) is 12.3 Å². The number of aliphatic hydroxyl groups excluding tert-OH is 1. The Balaban J connectivity index is 2.14. The van der Waals surface area contributed by atoms with E-state index in [-0.39, 0.29) is 18.4 Å². The zero-order chi connectivity index (χ0) is 15.9. The number of hydrogen-bond donors (Lipinski definition) is 2. The van der Waals surface area contributed by atoms with Crippen LogP contribution in [0, 0.1) is 5.92 Å². The van der Waals surface area contributed by atoms with Crippen molar-refractivity contribution < 1.29 is 9.90 Å². The predicted molar refractivity (Wildman–Crippen MR) is 90.2 cm³/mol. The van der Waals surface area contributed by atoms with Crippen molar-refractivity contribution in [1.29, 1.82) is 0 Å².